The van der Waals surface area contributed by atoms with E-state index in [9.17, 15) is 4.39 Å². The summed E-state index contributed by atoms with van der Waals surface area (Å²) >= 11 is 0. The molecule has 0 radical (unpaired) electrons. The van der Waals surface area contributed by atoms with Crippen LogP contribution in [0.25, 0.3) is 16.5 Å². The van der Waals surface area contributed by atoms with Gasteiger partial charge in [-0.25, -0.2) is 4.39 Å². The van der Waals surface area contributed by atoms with Crippen molar-refractivity contribution in [1.29, 1.82) is 0 Å². The highest BCUT2D eigenvalue weighted by molar-refractivity contribution is 5.81. The largest absolute Gasteiger partial charge is 0.456 e. The normalized spacial score (nSPS) is 12.3. The summed E-state index contributed by atoms with van der Waals surface area (Å²) in [7, 11) is 1.92. The molecule has 0 spiro atoms. The quantitative estimate of drug-likeness (QED) is 0.816. The van der Waals surface area contributed by atoms with Gasteiger partial charge in [-0.2, -0.15) is 0 Å². The molecule has 0 amide bonds. The van der Waals surface area contributed by atoms with Crippen LogP contribution in [-0.2, 0) is 0 Å². The number of nitrogens with one attached hydrogen (secondary N) is 1. The Balaban J connectivity index is 2.26. The molecule has 3 heteroatoms. The molecule has 1 aromatic carbocycles. The molecule has 0 aliphatic heterocycles. The van der Waals surface area contributed by atoms with Gasteiger partial charge < -0.3 is 9.73 Å². The van der Waals surface area contributed by atoms with Crippen LogP contribution in [0.4, 0.5) is 4.39 Å². The van der Waals surface area contributed by atoms with Crippen molar-refractivity contribution in [3.63, 3.8) is 0 Å². The highest BCUT2D eigenvalue weighted by Gasteiger charge is 2.05. The van der Waals surface area contributed by atoms with Crippen LogP contribution in [0.3, 0.4) is 0 Å². The van der Waals surface area contributed by atoms with E-state index in [1.165, 1.54) is 12.1 Å². The van der Waals surface area contributed by atoms with Crippen molar-refractivity contribution < 1.29 is 8.81 Å². The second kappa shape index (κ2) is 5.15. The van der Waals surface area contributed by atoms with Crippen LogP contribution < -0.4 is 5.32 Å². The van der Waals surface area contributed by atoms with Crippen LogP contribution in [0.15, 0.2) is 34.8 Å². The van der Waals surface area contributed by atoms with Gasteiger partial charge in [0.2, 0.25) is 0 Å². The van der Waals surface area contributed by atoms with E-state index in [1.807, 2.05) is 20.0 Å². The minimum Gasteiger partial charge on any atom is -0.456 e. The van der Waals surface area contributed by atoms with Crippen LogP contribution in [0.1, 0.15) is 19.1 Å². The average molecular weight is 233 g/mol. The summed E-state index contributed by atoms with van der Waals surface area (Å²) in [5, 5.41) is 3.89. The van der Waals surface area contributed by atoms with Gasteiger partial charge in [-0.3, -0.25) is 0 Å². The summed E-state index contributed by atoms with van der Waals surface area (Å²) in [6.07, 6.45) is 3.07. The van der Waals surface area contributed by atoms with Gasteiger partial charge in [0.15, 0.2) is 0 Å². The molecule has 17 heavy (non-hydrogen) atoms. The predicted octanol–water partition coefficient (Wildman–Crippen LogP) is 3.58. The third-order valence-electron chi connectivity index (χ3n) is 2.71. The smallest absolute Gasteiger partial charge is 0.135 e. The highest BCUT2D eigenvalue weighted by atomic mass is 19.1. The summed E-state index contributed by atoms with van der Waals surface area (Å²) in [6, 6.07) is 6.44. The van der Waals surface area contributed by atoms with E-state index in [4.69, 9.17) is 4.42 Å². The van der Waals surface area contributed by atoms with Crippen LogP contribution in [-0.4, -0.2) is 13.6 Å². The van der Waals surface area contributed by atoms with E-state index in [2.05, 4.69) is 11.4 Å². The molecule has 2 aromatic rings. The van der Waals surface area contributed by atoms with Gasteiger partial charge in [0.25, 0.3) is 0 Å². The molecule has 0 aliphatic rings. The number of fused-ring (bicyclic) bond motifs is 1. The number of allylic oxidation sites excluding steroid dienone is 1. The van der Waals surface area contributed by atoms with Gasteiger partial charge in [0.05, 0.1) is 0 Å². The third kappa shape index (κ3) is 2.74. The molecule has 0 saturated carbocycles. The van der Waals surface area contributed by atoms with Crippen molar-refractivity contribution in [2.24, 2.45) is 0 Å². The van der Waals surface area contributed by atoms with Crippen LogP contribution >= 0.6 is 0 Å². The first-order valence-corrected chi connectivity index (χ1v) is 5.71. The molecule has 0 aliphatic carbocycles. The zero-order valence-electron chi connectivity index (χ0n) is 10.1. The molecule has 0 saturated heterocycles. The van der Waals surface area contributed by atoms with E-state index < -0.39 is 0 Å². The lowest BCUT2D eigenvalue weighted by molar-refractivity contribution is 0.595. The monoisotopic (exact) mass is 233 g/mol. The van der Waals surface area contributed by atoms with Gasteiger partial charge in [0.1, 0.15) is 17.2 Å². The first kappa shape index (κ1) is 11.9. The van der Waals surface area contributed by atoms with Gasteiger partial charge in [-0.05, 0) is 56.8 Å². The fraction of sp³-hybridized carbons (Fsp3) is 0.286. The predicted molar refractivity (Wildman–Crippen MR) is 68.4 cm³/mol. The molecule has 1 aromatic heterocycles. The number of benzene rings is 1. The molecule has 2 rings (SSSR count). The van der Waals surface area contributed by atoms with E-state index in [0.717, 1.165) is 35.3 Å². The lowest BCUT2D eigenvalue weighted by atomic mass is 10.1. The number of hydrogen-bond acceptors (Lipinski definition) is 2. The van der Waals surface area contributed by atoms with Gasteiger partial charge in [0, 0.05) is 5.39 Å². The SMILES string of the molecule is CNCC/C=C(/C)c1cc2cc(F)ccc2o1. The minimum atomic E-state index is -0.235. The first-order valence-electron chi connectivity index (χ1n) is 5.71. The Bertz CT molecular complexity index is 542. The minimum absolute atomic E-state index is 0.235. The summed E-state index contributed by atoms with van der Waals surface area (Å²) in [6.45, 7) is 2.94. The molecular weight excluding hydrogens is 217 g/mol. The number of halogens is 1. The molecule has 1 heterocycles. The summed E-state index contributed by atoms with van der Waals surface area (Å²) in [4.78, 5) is 0. The van der Waals surface area contributed by atoms with Crippen LogP contribution in [0.2, 0.25) is 0 Å². The second-order valence-electron chi connectivity index (χ2n) is 4.07. The molecule has 0 atom stereocenters. The standard InChI is InChI=1S/C14H16FNO/c1-10(4-3-7-16-2)14-9-11-8-12(15)5-6-13(11)17-14/h4-6,8-9,16H,3,7H2,1-2H3/b10-4-. The molecular formula is C14H16FNO. The van der Waals surface area contributed by atoms with E-state index in [-0.39, 0.29) is 5.82 Å². The zero-order chi connectivity index (χ0) is 12.3. The lowest BCUT2D eigenvalue weighted by Crippen LogP contribution is -2.05. The Hall–Kier alpha value is -1.61. The van der Waals surface area contributed by atoms with Crippen LogP contribution in [0, 0.1) is 5.82 Å². The van der Waals surface area contributed by atoms with Crippen molar-refractivity contribution in [3.8, 4) is 0 Å². The van der Waals surface area contributed by atoms with Gasteiger partial charge in [-0.1, -0.05) is 6.08 Å². The summed E-state index contributed by atoms with van der Waals surface area (Å²) in [5.74, 6) is 0.573. The molecule has 0 unspecified atom stereocenters. The van der Waals surface area contributed by atoms with E-state index in [1.54, 1.807) is 6.07 Å². The molecule has 2 nitrogen and oxygen atoms in total. The summed E-state index contributed by atoms with van der Waals surface area (Å²) in [5.41, 5.74) is 1.81. The van der Waals surface area contributed by atoms with Crippen molar-refractivity contribution in [3.05, 3.63) is 41.9 Å². The molecule has 90 valence electrons. The maximum absolute atomic E-state index is 13.0. The Morgan fingerprint density at radius 3 is 3.00 bits per heavy atom. The lowest BCUT2D eigenvalue weighted by Gasteiger charge is -1.96. The van der Waals surface area contributed by atoms with Crippen molar-refractivity contribution in [2.75, 3.05) is 13.6 Å². The highest BCUT2D eigenvalue weighted by Crippen LogP contribution is 2.25. The first-order chi connectivity index (χ1) is 8.20. The summed E-state index contributed by atoms with van der Waals surface area (Å²) < 4.78 is 18.7. The average Bonchev–Trinajstić information content (AvgIpc) is 2.72. The van der Waals surface area contributed by atoms with Crippen molar-refractivity contribution >= 4 is 16.5 Å². The van der Waals surface area contributed by atoms with Crippen LogP contribution in [0.5, 0.6) is 0 Å². The number of rotatable bonds is 4. The maximum Gasteiger partial charge on any atom is 0.135 e. The van der Waals surface area contributed by atoms with Gasteiger partial charge >= 0.3 is 0 Å². The Morgan fingerprint density at radius 2 is 2.24 bits per heavy atom. The number of hydrogen-bond donors (Lipinski definition) is 1. The fourth-order valence-corrected chi connectivity index (χ4v) is 1.74. The third-order valence-corrected chi connectivity index (χ3v) is 2.71. The van der Waals surface area contributed by atoms with E-state index >= 15 is 0 Å². The molecule has 1 N–H and O–H groups in total. The Kier molecular flexibility index (Phi) is 3.59. The van der Waals surface area contributed by atoms with Crippen molar-refractivity contribution in [1.82, 2.24) is 5.32 Å². The van der Waals surface area contributed by atoms with E-state index in [0.29, 0.717) is 0 Å². The van der Waals surface area contributed by atoms with Gasteiger partial charge in [-0.15, -0.1) is 0 Å². The Morgan fingerprint density at radius 1 is 1.41 bits per heavy atom. The Labute approximate surface area is 100 Å². The zero-order valence-corrected chi connectivity index (χ0v) is 10.1. The topological polar surface area (TPSA) is 25.2 Å². The number of furan rings is 1. The maximum atomic E-state index is 13.0. The van der Waals surface area contributed by atoms with Crippen molar-refractivity contribution in [2.45, 2.75) is 13.3 Å². The second-order valence-corrected chi connectivity index (χ2v) is 4.07. The molecule has 0 fully saturated rings. The molecule has 0 bridgehead atoms. The fourth-order valence-electron chi connectivity index (χ4n) is 1.74.